The molecule has 1 aliphatic heterocycles. The van der Waals surface area contributed by atoms with Crippen LogP contribution in [0.4, 0.5) is 0 Å². The molecule has 7 nitrogen and oxygen atoms in total. The predicted molar refractivity (Wildman–Crippen MR) is 68.5 cm³/mol. The second kappa shape index (κ2) is 8.51. The monoisotopic (exact) mass is 284 g/mol. The summed E-state index contributed by atoms with van der Waals surface area (Å²) < 4.78 is 14.4. The van der Waals surface area contributed by atoms with Gasteiger partial charge in [0.15, 0.2) is 5.92 Å². The van der Waals surface area contributed by atoms with Crippen molar-refractivity contribution in [2.75, 3.05) is 47.1 Å². The molecule has 7 heteroatoms. The Morgan fingerprint density at radius 3 is 2.25 bits per heavy atom. The Kier molecular flexibility index (Phi) is 6.98. The summed E-state index contributed by atoms with van der Waals surface area (Å²) in [6, 6.07) is 2.14. The lowest BCUT2D eigenvalue weighted by atomic mass is 9.94. The van der Waals surface area contributed by atoms with Crippen molar-refractivity contribution in [1.29, 1.82) is 5.26 Å². The second-order valence-corrected chi connectivity index (χ2v) is 4.57. The highest BCUT2D eigenvalue weighted by Crippen LogP contribution is 2.17. The van der Waals surface area contributed by atoms with Gasteiger partial charge in [0.25, 0.3) is 0 Å². The summed E-state index contributed by atoms with van der Waals surface area (Å²) >= 11 is 0. The van der Waals surface area contributed by atoms with Crippen LogP contribution in [0.1, 0.15) is 6.42 Å². The number of carbonyl (C=O) groups is 2. The van der Waals surface area contributed by atoms with Crippen molar-refractivity contribution < 1.29 is 23.8 Å². The first-order valence-electron chi connectivity index (χ1n) is 6.47. The molecular weight excluding hydrogens is 264 g/mol. The van der Waals surface area contributed by atoms with Crippen LogP contribution in [-0.2, 0) is 23.8 Å². The Bertz CT molecular complexity index is 357. The molecule has 1 heterocycles. The predicted octanol–water partition coefficient (Wildman–Crippen LogP) is -0.189. The van der Waals surface area contributed by atoms with Crippen LogP contribution in [0, 0.1) is 23.2 Å². The largest absolute Gasteiger partial charge is 0.468 e. The van der Waals surface area contributed by atoms with E-state index >= 15 is 0 Å². The van der Waals surface area contributed by atoms with Crippen LogP contribution in [-0.4, -0.2) is 63.9 Å². The average Bonchev–Trinajstić information content (AvgIpc) is 2.50. The lowest BCUT2D eigenvalue weighted by Crippen LogP contribution is -2.40. The first kappa shape index (κ1) is 16.4. The van der Waals surface area contributed by atoms with E-state index in [9.17, 15) is 14.9 Å². The number of methoxy groups -OCH3 is 2. The number of ether oxygens (including phenoxy) is 3. The van der Waals surface area contributed by atoms with Crippen LogP contribution < -0.4 is 0 Å². The van der Waals surface area contributed by atoms with E-state index in [0.717, 1.165) is 13.1 Å². The standard InChI is InChI=1S/C13H20N2O5/c1-18-12(16)11(13(17)19-2)7-10(8-14)9-15-3-5-20-6-4-15/h10-11H,3-7,9H2,1-2H3. The zero-order valence-corrected chi connectivity index (χ0v) is 11.8. The molecular formula is C13H20N2O5. The Morgan fingerprint density at radius 1 is 1.25 bits per heavy atom. The van der Waals surface area contributed by atoms with Crippen LogP contribution in [0.15, 0.2) is 0 Å². The third-order valence-electron chi connectivity index (χ3n) is 3.26. The quantitative estimate of drug-likeness (QED) is 0.493. The van der Waals surface area contributed by atoms with Gasteiger partial charge in [-0.25, -0.2) is 0 Å². The fourth-order valence-electron chi connectivity index (χ4n) is 2.12. The molecule has 0 aromatic rings. The highest BCUT2D eigenvalue weighted by atomic mass is 16.5. The van der Waals surface area contributed by atoms with E-state index in [-0.39, 0.29) is 6.42 Å². The van der Waals surface area contributed by atoms with Crippen molar-refractivity contribution >= 4 is 11.9 Å². The summed E-state index contributed by atoms with van der Waals surface area (Å²) in [4.78, 5) is 25.3. The third-order valence-corrected chi connectivity index (χ3v) is 3.26. The topological polar surface area (TPSA) is 88.9 Å². The van der Waals surface area contributed by atoms with E-state index in [2.05, 4.69) is 20.4 Å². The Balaban J connectivity index is 2.61. The van der Waals surface area contributed by atoms with Gasteiger partial charge in [-0.1, -0.05) is 0 Å². The molecule has 0 spiro atoms. The van der Waals surface area contributed by atoms with Gasteiger partial charge in [-0.2, -0.15) is 5.26 Å². The smallest absolute Gasteiger partial charge is 0.320 e. The van der Waals surface area contributed by atoms with Gasteiger partial charge >= 0.3 is 11.9 Å². The van der Waals surface area contributed by atoms with Crippen molar-refractivity contribution in [3.63, 3.8) is 0 Å². The summed E-state index contributed by atoms with van der Waals surface area (Å²) in [5.41, 5.74) is 0. The van der Waals surface area contributed by atoms with Crippen molar-refractivity contribution in [3.8, 4) is 6.07 Å². The minimum atomic E-state index is -1.05. The second-order valence-electron chi connectivity index (χ2n) is 4.57. The summed E-state index contributed by atoms with van der Waals surface area (Å²) in [5, 5.41) is 9.20. The minimum absolute atomic E-state index is 0.104. The summed E-state index contributed by atoms with van der Waals surface area (Å²) in [6.07, 6.45) is 0.104. The van der Waals surface area contributed by atoms with Crippen LogP contribution >= 0.6 is 0 Å². The zero-order valence-electron chi connectivity index (χ0n) is 11.8. The molecule has 1 unspecified atom stereocenters. The summed E-state index contributed by atoms with van der Waals surface area (Å²) in [5.74, 6) is -2.81. The molecule has 0 bridgehead atoms. The molecule has 0 N–H and O–H groups in total. The Morgan fingerprint density at radius 2 is 1.80 bits per heavy atom. The first-order chi connectivity index (χ1) is 9.62. The lowest BCUT2D eigenvalue weighted by Gasteiger charge is -2.28. The van der Waals surface area contributed by atoms with Crippen molar-refractivity contribution in [3.05, 3.63) is 0 Å². The van der Waals surface area contributed by atoms with Gasteiger partial charge in [-0.3, -0.25) is 14.5 Å². The van der Waals surface area contributed by atoms with Gasteiger partial charge in [-0.15, -0.1) is 0 Å². The molecule has 20 heavy (non-hydrogen) atoms. The average molecular weight is 284 g/mol. The number of hydrogen-bond donors (Lipinski definition) is 0. The maximum atomic E-state index is 11.6. The van der Waals surface area contributed by atoms with Crippen molar-refractivity contribution in [2.45, 2.75) is 6.42 Å². The molecule has 0 aromatic carbocycles. The Labute approximate surface area is 118 Å². The maximum absolute atomic E-state index is 11.6. The molecule has 1 atom stereocenters. The van der Waals surface area contributed by atoms with E-state index in [1.54, 1.807) is 0 Å². The highest BCUT2D eigenvalue weighted by molar-refractivity contribution is 5.94. The molecule has 0 amide bonds. The number of carbonyl (C=O) groups excluding carboxylic acids is 2. The van der Waals surface area contributed by atoms with Gasteiger partial charge in [0.05, 0.1) is 39.4 Å². The maximum Gasteiger partial charge on any atom is 0.320 e. The van der Waals surface area contributed by atoms with E-state index in [0.29, 0.717) is 19.8 Å². The number of nitrogens with zero attached hydrogens (tertiary/aromatic N) is 2. The van der Waals surface area contributed by atoms with Gasteiger partial charge in [0.2, 0.25) is 0 Å². The summed E-state index contributed by atoms with van der Waals surface area (Å²) in [6.45, 7) is 3.27. The normalized spacial score (nSPS) is 17.3. The van der Waals surface area contributed by atoms with E-state index in [1.807, 2.05) is 0 Å². The van der Waals surface area contributed by atoms with Crippen LogP contribution in [0.3, 0.4) is 0 Å². The number of rotatable bonds is 6. The molecule has 0 aromatic heterocycles. The molecule has 1 fully saturated rings. The molecule has 1 aliphatic rings. The number of hydrogen-bond acceptors (Lipinski definition) is 7. The van der Waals surface area contributed by atoms with E-state index in [4.69, 9.17) is 4.74 Å². The summed E-state index contributed by atoms with van der Waals surface area (Å²) in [7, 11) is 2.42. The van der Waals surface area contributed by atoms with Crippen molar-refractivity contribution in [1.82, 2.24) is 4.90 Å². The van der Waals surface area contributed by atoms with Crippen molar-refractivity contribution in [2.24, 2.45) is 11.8 Å². The zero-order chi connectivity index (χ0) is 15.0. The lowest BCUT2D eigenvalue weighted by molar-refractivity contribution is -0.159. The number of nitriles is 1. The molecule has 1 rings (SSSR count). The van der Waals surface area contributed by atoms with Gasteiger partial charge in [-0.05, 0) is 6.42 Å². The molecule has 0 saturated carbocycles. The fraction of sp³-hybridized carbons (Fsp3) is 0.769. The highest BCUT2D eigenvalue weighted by Gasteiger charge is 2.32. The van der Waals surface area contributed by atoms with Gasteiger partial charge in [0.1, 0.15) is 0 Å². The van der Waals surface area contributed by atoms with Gasteiger partial charge < -0.3 is 14.2 Å². The Hall–Kier alpha value is -1.65. The number of esters is 2. The van der Waals surface area contributed by atoms with Crippen LogP contribution in [0.5, 0.6) is 0 Å². The molecule has 0 radical (unpaired) electrons. The molecule has 0 aliphatic carbocycles. The fourth-order valence-corrected chi connectivity index (χ4v) is 2.12. The number of morpholine rings is 1. The third kappa shape index (κ3) is 4.79. The first-order valence-corrected chi connectivity index (χ1v) is 6.47. The molecule has 1 saturated heterocycles. The molecule has 112 valence electrons. The SMILES string of the molecule is COC(=O)C(CC(C#N)CN1CCOCC1)C(=O)OC. The minimum Gasteiger partial charge on any atom is -0.468 e. The van der Waals surface area contributed by atoms with E-state index in [1.165, 1.54) is 14.2 Å². The van der Waals surface area contributed by atoms with Crippen LogP contribution in [0.25, 0.3) is 0 Å². The van der Waals surface area contributed by atoms with Gasteiger partial charge in [0, 0.05) is 19.6 Å². The van der Waals surface area contributed by atoms with Crippen LogP contribution in [0.2, 0.25) is 0 Å². The van der Waals surface area contributed by atoms with E-state index < -0.39 is 23.8 Å².